The molecule has 4 aromatic rings. The summed E-state index contributed by atoms with van der Waals surface area (Å²) in [4.78, 5) is 29.6. The number of aryl methyl sites for hydroxylation is 1. The molecule has 0 N–H and O–H groups in total. The summed E-state index contributed by atoms with van der Waals surface area (Å²) >= 11 is 6.61. The Morgan fingerprint density at radius 3 is 2.47 bits per heavy atom. The van der Waals surface area contributed by atoms with E-state index >= 15 is 0 Å². The van der Waals surface area contributed by atoms with Crippen LogP contribution in [0.5, 0.6) is 11.5 Å². The zero-order valence-electron chi connectivity index (χ0n) is 20.4. The van der Waals surface area contributed by atoms with E-state index in [1.807, 2.05) is 34.8 Å². The van der Waals surface area contributed by atoms with Gasteiger partial charge in [0.2, 0.25) is 0 Å². The summed E-state index contributed by atoms with van der Waals surface area (Å²) in [6.07, 6.45) is 8.76. The van der Waals surface area contributed by atoms with Gasteiger partial charge in [-0.3, -0.25) is 14.2 Å². The highest BCUT2D eigenvalue weighted by atomic mass is 35.5. The minimum atomic E-state index is -0.242. The van der Waals surface area contributed by atoms with Gasteiger partial charge in [0.1, 0.15) is 0 Å². The molecule has 1 saturated heterocycles. The van der Waals surface area contributed by atoms with Crippen molar-refractivity contribution in [3.05, 3.63) is 63.7 Å². The van der Waals surface area contributed by atoms with Crippen molar-refractivity contribution in [2.45, 2.75) is 38.2 Å². The Morgan fingerprint density at radius 2 is 1.75 bits per heavy atom. The molecular weight excluding hydrogens is 478 g/mol. The van der Waals surface area contributed by atoms with Gasteiger partial charge >= 0.3 is 0 Å². The monoisotopic (exact) mass is 505 g/mol. The van der Waals surface area contributed by atoms with Gasteiger partial charge < -0.3 is 18.9 Å². The Balaban J connectivity index is 1.60. The van der Waals surface area contributed by atoms with E-state index in [9.17, 15) is 9.59 Å². The second kappa shape index (κ2) is 8.89. The van der Waals surface area contributed by atoms with Crippen LogP contribution >= 0.6 is 11.6 Å². The number of benzene rings is 2. The summed E-state index contributed by atoms with van der Waals surface area (Å²) in [6, 6.07) is 9.14. The molecule has 8 heteroatoms. The van der Waals surface area contributed by atoms with E-state index in [1.165, 1.54) is 4.57 Å². The Bertz CT molecular complexity index is 1560. The first-order valence-electron chi connectivity index (χ1n) is 12.4. The molecule has 2 aliphatic rings. The fourth-order valence-electron chi connectivity index (χ4n) is 5.05. The number of halogens is 1. The quantitative estimate of drug-likeness (QED) is 0.368. The number of ether oxygens (including phenoxy) is 2. The number of nitrogens with zero attached hydrogens (tertiary/aromatic N) is 3. The predicted molar refractivity (Wildman–Crippen MR) is 141 cm³/mol. The number of carbonyl (C=O) groups excluding carboxylic acids is 1. The van der Waals surface area contributed by atoms with Crippen LogP contribution in [0.2, 0.25) is 5.02 Å². The number of pyridine rings is 1. The average Bonchev–Trinajstić information content (AvgIpc) is 3.64. The number of hydrogen-bond donors (Lipinski definition) is 0. The van der Waals surface area contributed by atoms with E-state index in [-0.39, 0.29) is 17.6 Å². The van der Waals surface area contributed by atoms with Crippen LogP contribution < -0.4 is 15.0 Å². The number of aromatic nitrogens is 2. The topological polar surface area (TPSA) is 65.7 Å². The molecule has 36 heavy (non-hydrogen) atoms. The first kappa shape index (κ1) is 23.0. The van der Waals surface area contributed by atoms with E-state index < -0.39 is 0 Å². The number of carbonyl (C=O) groups is 1. The van der Waals surface area contributed by atoms with Crippen molar-refractivity contribution in [2.75, 3.05) is 20.2 Å². The van der Waals surface area contributed by atoms with Crippen LogP contribution in [0.4, 0.5) is 0 Å². The highest BCUT2D eigenvalue weighted by Crippen LogP contribution is 2.37. The smallest absolute Gasteiger partial charge is 0.263 e. The molecule has 186 valence electrons. The molecule has 1 aliphatic carbocycles. The van der Waals surface area contributed by atoms with Crippen LogP contribution in [0.1, 0.15) is 42.5 Å². The number of piperidine rings is 1. The number of amides is 1. The molecule has 2 aromatic heterocycles. The number of methoxy groups -OCH3 is 1. The predicted octanol–water partition coefficient (Wildman–Crippen LogP) is 5.31. The third-order valence-corrected chi connectivity index (χ3v) is 7.52. The van der Waals surface area contributed by atoms with Crippen molar-refractivity contribution in [2.24, 2.45) is 7.05 Å². The zero-order valence-corrected chi connectivity index (χ0v) is 21.2. The molecular formula is C28H28ClN3O4. The fourth-order valence-corrected chi connectivity index (χ4v) is 5.32. The molecule has 0 atom stereocenters. The Morgan fingerprint density at radius 1 is 1.00 bits per heavy atom. The molecule has 0 bridgehead atoms. The van der Waals surface area contributed by atoms with Crippen molar-refractivity contribution in [3.8, 4) is 17.2 Å². The lowest BCUT2D eigenvalue weighted by Crippen LogP contribution is -2.36. The first-order chi connectivity index (χ1) is 17.4. The molecule has 1 amide bonds. The molecule has 6 rings (SSSR count). The van der Waals surface area contributed by atoms with Crippen molar-refractivity contribution >= 4 is 39.2 Å². The van der Waals surface area contributed by atoms with Crippen LogP contribution in [0, 0.1) is 0 Å². The Labute approximate surface area is 213 Å². The molecule has 1 saturated carbocycles. The molecule has 7 nitrogen and oxygen atoms in total. The summed E-state index contributed by atoms with van der Waals surface area (Å²) in [5.41, 5.74) is 1.73. The van der Waals surface area contributed by atoms with Gasteiger partial charge in [0.25, 0.3) is 11.5 Å². The molecule has 3 heterocycles. The van der Waals surface area contributed by atoms with Crippen LogP contribution in [0.15, 0.2) is 47.5 Å². The lowest BCUT2D eigenvalue weighted by atomic mass is 10.0. The molecule has 2 fully saturated rings. The number of likely N-dealkylation sites (tertiary alicyclic amines) is 1. The second-order valence-electron chi connectivity index (χ2n) is 9.72. The summed E-state index contributed by atoms with van der Waals surface area (Å²) in [7, 11) is 3.51. The van der Waals surface area contributed by atoms with E-state index in [2.05, 4.69) is 0 Å². The van der Waals surface area contributed by atoms with Gasteiger partial charge in [-0.05, 0) is 62.4 Å². The average molecular weight is 506 g/mol. The minimum Gasteiger partial charge on any atom is -0.493 e. The van der Waals surface area contributed by atoms with E-state index in [1.54, 1.807) is 31.5 Å². The Kier molecular flexibility index (Phi) is 5.67. The van der Waals surface area contributed by atoms with Gasteiger partial charge in [-0.1, -0.05) is 11.6 Å². The first-order valence-corrected chi connectivity index (χ1v) is 12.8. The SMILES string of the molecule is COc1cc2c(C(=O)N3CCCCC3)cn(-c3cc(Cl)c4ccn(C)c4c3)c(=O)c2cc1OC1CC1. The molecule has 0 unspecified atom stereocenters. The van der Waals surface area contributed by atoms with E-state index in [4.69, 9.17) is 21.1 Å². The van der Waals surface area contributed by atoms with Crippen LogP contribution in [0.3, 0.4) is 0 Å². The molecule has 0 radical (unpaired) electrons. The minimum absolute atomic E-state index is 0.0857. The normalized spacial score (nSPS) is 16.0. The van der Waals surface area contributed by atoms with Gasteiger partial charge in [0.15, 0.2) is 11.5 Å². The van der Waals surface area contributed by atoms with Crippen molar-refractivity contribution in [1.29, 1.82) is 0 Å². The van der Waals surface area contributed by atoms with Crippen molar-refractivity contribution in [1.82, 2.24) is 14.0 Å². The van der Waals surface area contributed by atoms with Gasteiger partial charge in [-0.25, -0.2) is 0 Å². The van der Waals surface area contributed by atoms with Crippen LogP contribution in [-0.4, -0.2) is 46.2 Å². The largest absolute Gasteiger partial charge is 0.493 e. The Hall–Kier alpha value is -3.45. The van der Waals surface area contributed by atoms with Gasteiger partial charge in [-0.2, -0.15) is 0 Å². The highest BCUT2D eigenvalue weighted by molar-refractivity contribution is 6.35. The zero-order chi connectivity index (χ0) is 25.0. The number of hydrogen-bond acceptors (Lipinski definition) is 4. The van der Waals surface area contributed by atoms with E-state index in [0.717, 1.165) is 43.0 Å². The lowest BCUT2D eigenvalue weighted by Gasteiger charge is -2.27. The van der Waals surface area contributed by atoms with Gasteiger partial charge in [-0.15, -0.1) is 0 Å². The third kappa shape index (κ3) is 3.91. The maximum Gasteiger partial charge on any atom is 0.263 e. The van der Waals surface area contributed by atoms with E-state index in [0.29, 0.717) is 51.6 Å². The number of fused-ring (bicyclic) bond motifs is 2. The van der Waals surface area contributed by atoms with Crippen LogP contribution in [0.25, 0.3) is 27.4 Å². The third-order valence-electron chi connectivity index (χ3n) is 7.21. The van der Waals surface area contributed by atoms with Gasteiger partial charge in [0, 0.05) is 43.3 Å². The van der Waals surface area contributed by atoms with Crippen molar-refractivity contribution < 1.29 is 14.3 Å². The summed E-state index contributed by atoms with van der Waals surface area (Å²) in [5, 5.41) is 2.44. The standard InChI is InChI=1S/C28H28ClN3O4/c1-30-11-8-19-23(29)12-17(13-24(19)30)32-16-22(27(33)31-9-4-3-5-10-31)20-14-25(35-2)26(36-18-6-7-18)15-21(20)28(32)34/h8,11-16,18H,3-7,9-10H2,1-2H3. The maximum atomic E-state index is 13.9. The molecule has 2 aromatic carbocycles. The summed E-state index contributed by atoms with van der Waals surface area (Å²) in [5.74, 6) is 0.958. The summed E-state index contributed by atoms with van der Waals surface area (Å²) < 4.78 is 15.2. The molecule has 0 spiro atoms. The summed E-state index contributed by atoms with van der Waals surface area (Å²) in [6.45, 7) is 1.42. The van der Waals surface area contributed by atoms with Crippen molar-refractivity contribution in [3.63, 3.8) is 0 Å². The van der Waals surface area contributed by atoms with Gasteiger partial charge in [0.05, 0.1) is 40.4 Å². The maximum absolute atomic E-state index is 13.9. The number of rotatable bonds is 5. The van der Waals surface area contributed by atoms with Crippen LogP contribution in [-0.2, 0) is 7.05 Å². The second-order valence-corrected chi connectivity index (χ2v) is 10.1. The fraction of sp³-hybridized carbons (Fsp3) is 0.357. The highest BCUT2D eigenvalue weighted by Gasteiger charge is 2.27. The molecule has 1 aliphatic heterocycles. The lowest BCUT2D eigenvalue weighted by molar-refractivity contribution is 0.0725.